The van der Waals surface area contributed by atoms with Crippen molar-refractivity contribution in [2.45, 2.75) is 0 Å². The third-order valence-electron chi connectivity index (χ3n) is 3.03. The van der Waals surface area contributed by atoms with Crippen LogP contribution in [0.4, 0.5) is 11.4 Å². The lowest BCUT2D eigenvalue weighted by Gasteiger charge is -2.14. The number of rotatable bonds is 5. The summed E-state index contributed by atoms with van der Waals surface area (Å²) in [6.07, 6.45) is 0. The van der Waals surface area contributed by atoms with E-state index in [1.165, 1.54) is 0 Å². The molecular formula is C14H18N4O2. The molecular weight excluding hydrogens is 256 g/mol. The van der Waals surface area contributed by atoms with E-state index in [9.17, 15) is 0 Å². The summed E-state index contributed by atoms with van der Waals surface area (Å²) in [5.74, 6) is 12.2. The van der Waals surface area contributed by atoms with Gasteiger partial charge in [0.1, 0.15) is 11.5 Å². The van der Waals surface area contributed by atoms with Gasteiger partial charge in [0.15, 0.2) is 0 Å². The Labute approximate surface area is 117 Å². The van der Waals surface area contributed by atoms with E-state index in [1.807, 2.05) is 36.4 Å². The lowest BCUT2D eigenvalue weighted by Crippen LogP contribution is -2.07. The van der Waals surface area contributed by atoms with Gasteiger partial charge in [-0.3, -0.25) is 11.7 Å². The maximum Gasteiger partial charge on any atom is 0.128 e. The van der Waals surface area contributed by atoms with Gasteiger partial charge in [-0.2, -0.15) is 0 Å². The highest BCUT2D eigenvalue weighted by molar-refractivity contribution is 5.79. The van der Waals surface area contributed by atoms with Crippen LogP contribution in [0.15, 0.2) is 36.4 Å². The summed E-state index contributed by atoms with van der Waals surface area (Å²) in [5, 5.41) is 0. The highest BCUT2D eigenvalue weighted by atomic mass is 16.5. The summed E-state index contributed by atoms with van der Waals surface area (Å²) < 4.78 is 10.8. The van der Waals surface area contributed by atoms with E-state index in [2.05, 4.69) is 10.9 Å². The highest BCUT2D eigenvalue weighted by Crippen LogP contribution is 2.38. The van der Waals surface area contributed by atoms with Crippen LogP contribution in [0, 0.1) is 0 Å². The summed E-state index contributed by atoms with van der Waals surface area (Å²) in [7, 11) is 3.23. The predicted octanol–water partition coefficient (Wildman–Crippen LogP) is 1.94. The monoisotopic (exact) mass is 274 g/mol. The quantitative estimate of drug-likeness (QED) is 0.492. The van der Waals surface area contributed by atoms with Crippen molar-refractivity contribution in [3.63, 3.8) is 0 Å². The van der Waals surface area contributed by atoms with Crippen molar-refractivity contribution in [3.05, 3.63) is 36.4 Å². The maximum absolute atomic E-state index is 5.41. The van der Waals surface area contributed by atoms with Gasteiger partial charge >= 0.3 is 0 Å². The van der Waals surface area contributed by atoms with E-state index in [0.717, 1.165) is 22.5 Å². The molecule has 0 atom stereocenters. The minimum absolute atomic E-state index is 0.701. The molecule has 2 aromatic rings. The average molecular weight is 274 g/mol. The number of nitrogens with one attached hydrogen (secondary N) is 2. The normalized spacial score (nSPS) is 10.0. The van der Waals surface area contributed by atoms with Gasteiger partial charge in [0.2, 0.25) is 0 Å². The third-order valence-corrected chi connectivity index (χ3v) is 3.03. The third kappa shape index (κ3) is 2.61. The van der Waals surface area contributed by atoms with E-state index < -0.39 is 0 Å². The lowest BCUT2D eigenvalue weighted by atomic mass is 10.0. The minimum atomic E-state index is 0.701. The molecule has 0 heterocycles. The van der Waals surface area contributed by atoms with Gasteiger partial charge in [0.05, 0.1) is 25.6 Å². The van der Waals surface area contributed by atoms with E-state index in [0.29, 0.717) is 11.5 Å². The van der Waals surface area contributed by atoms with Crippen molar-refractivity contribution in [1.29, 1.82) is 0 Å². The second kappa shape index (κ2) is 6.14. The molecule has 0 unspecified atom stereocenters. The number of hydrazine groups is 2. The fourth-order valence-electron chi connectivity index (χ4n) is 2.01. The summed E-state index contributed by atoms with van der Waals surface area (Å²) in [4.78, 5) is 0. The molecule has 2 aromatic carbocycles. The Morgan fingerprint density at radius 2 is 1.15 bits per heavy atom. The zero-order chi connectivity index (χ0) is 14.5. The second-order valence-electron chi connectivity index (χ2n) is 4.12. The van der Waals surface area contributed by atoms with E-state index in [-0.39, 0.29) is 0 Å². The topological polar surface area (TPSA) is 94.6 Å². The molecule has 0 saturated carbocycles. The van der Waals surface area contributed by atoms with Crippen molar-refractivity contribution < 1.29 is 9.47 Å². The molecule has 0 aliphatic rings. The summed E-state index contributed by atoms with van der Waals surface area (Å²) in [6, 6.07) is 11.2. The highest BCUT2D eigenvalue weighted by Gasteiger charge is 2.12. The molecule has 6 heteroatoms. The molecule has 2 rings (SSSR count). The van der Waals surface area contributed by atoms with Gasteiger partial charge < -0.3 is 20.3 Å². The van der Waals surface area contributed by atoms with Gasteiger partial charge in [0, 0.05) is 23.3 Å². The van der Waals surface area contributed by atoms with Crippen molar-refractivity contribution in [2.75, 3.05) is 25.1 Å². The van der Waals surface area contributed by atoms with Crippen LogP contribution < -0.4 is 32.0 Å². The molecule has 0 aromatic heterocycles. The first-order chi connectivity index (χ1) is 9.73. The Balaban J connectivity index is 2.55. The smallest absolute Gasteiger partial charge is 0.128 e. The molecule has 0 amide bonds. The number of hydrogen-bond acceptors (Lipinski definition) is 6. The predicted molar refractivity (Wildman–Crippen MR) is 80.6 cm³/mol. The van der Waals surface area contributed by atoms with Crippen LogP contribution in [0.5, 0.6) is 11.5 Å². The Morgan fingerprint density at radius 3 is 1.45 bits per heavy atom. The van der Waals surface area contributed by atoms with Crippen molar-refractivity contribution in [3.8, 4) is 22.6 Å². The first-order valence-electron chi connectivity index (χ1n) is 6.03. The number of anilines is 2. The molecule has 20 heavy (non-hydrogen) atoms. The standard InChI is InChI=1S/C14H18N4O2/c1-19-13-7-9(17-15)3-5-11(13)12-6-4-10(18-16)8-14(12)20-2/h3-8,17-18H,15-16H2,1-2H3. The van der Waals surface area contributed by atoms with Crippen LogP contribution in [-0.2, 0) is 0 Å². The van der Waals surface area contributed by atoms with Crippen LogP contribution in [0.1, 0.15) is 0 Å². The van der Waals surface area contributed by atoms with Crippen molar-refractivity contribution >= 4 is 11.4 Å². The van der Waals surface area contributed by atoms with Crippen LogP contribution in [-0.4, -0.2) is 14.2 Å². The van der Waals surface area contributed by atoms with Crippen molar-refractivity contribution in [1.82, 2.24) is 0 Å². The average Bonchev–Trinajstić information content (AvgIpc) is 2.53. The van der Waals surface area contributed by atoms with Gasteiger partial charge in [-0.15, -0.1) is 0 Å². The molecule has 0 aliphatic heterocycles. The molecule has 0 spiro atoms. The second-order valence-corrected chi connectivity index (χ2v) is 4.12. The van der Waals surface area contributed by atoms with E-state index in [1.54, 1.807) is 14.2 Å². The van der Waals surface area contributed by atoms with E-state index >= 15 is 0 Å². The zero-order valence-corrected chi connectivity index (χ0v) is 11.4. The molecule has 6 N–H and O–H groups in total. The van der Waals surface area contributed by atoms with Crippen molar-refractivity contribution in [2.24, 2.45) is 11.7 Å². The van der Waals surface area contributed by atoms with Crippen LogP contribution in [0.2, 0.25) is 0 Å². The first-order valence-corrected chi connectivity index (χ1v) is 6.03. The Bertz CT molecular complexity index is 548. The molecule has 0 aliphatic carbocycles. The minimum Gasteiger partial charge on any atom is -0.496 e. The van der Waals surface area contributed by atoms with Gasteiger partial charge in [-0.1, -0.05) is 0 Å². The zero-order valence-electron chi connectivity index (χ0n) is 11.4. The number of nitrogens with two attached hydrogens (primary N) is 2. The molecule has 6 nitrogen and oxygen atoms in total. The number of ether oxygens (including phenoxy) is 2. The number of methoxy groups -OCH3 is 2. The number of benzene rings is 2. The fraction of sp³-hybridized carbons (Fsp3) is 0.143. The molecule has 0 saturated heterocycles. The first kappa shape index (κ1) is 14.0. The molecule has 106 valence electrons. The lowest BCUT2D eigenvalue weighted by molar-refractivity contribution is 0.410. The van der Waals surface area contributed by atoms with E-state index in [4.69, 9.17) is 21.2 Å². The molecule has 0 radical (unpaired) electrons. The summed E-state index contributed by atoms with van der Waals surface area (Å²) >= 11 is 0. The van der Waals surface area contributed by atoms with Gasteiger partial charge in [-0.05, 0) is 24.3 Å². The molecule has 0 fully saturated rings. The Morgan fingerprint density at radius 1 is 0.750 bits per heavy atom. The SMILES string of the molecule is COc1cc(NN)ccc1-c1ccc(NN)cc1OC. The summed E-state index contributed by atoms with van der Waals surface area (Å²) in [6.45, 7) is 0. The Kier molecular flexibility index (Phi) is 4.29. The fourth-order valence-corrected chi connectivity index (χ4v) is 2.01. The Hall–Kier alpha value is -2.44. The maximum atomic E-state index is 5.41. The van der Waals surface area contributed by atoms with Crippen LogP contribution in [0.25, 0.3) is 11.1 Å². The largest absolute Gasteiger partial charge is 0.496 e. The number of nitrogen functional groups attached to an aromatic ring is 2. The van der Waals surface area contributed by atoms with Crippen LogP contribution >= 0.6 is 0 Å². The summed E-state index contributed by atoms with van der Waals surface area (Å²) in [5.41, 5.74) is 8.53. The number of hydrogen-bond donors (Lipinski definition) is 4. The van der Waals surface area contributed by atoms with Gasteiger partial charge in [-0.25, -0.2) is 0 Å². The molecule has 0 bridgehead atoms. The van der Waals surface area contributed by atoms with Gasteiger partial charge in [0.25, 0.3) is 0 Å². The van der Waals surface area contributed by atoms with Crippen LogP contribution in [0.3, 0.4) is 0 Å².